The molecule has 1 aromatic carbocycles. The van der Waals surface area contributed by atoms with E-state index >= 15 is 0 Å². The van der Waals surface area contributed by atoms with Crippen LogP contribution >= 0.6 is 15.9 Å². The van der Waals surface area contributed by atoms with E-state index in [1.165, 1.54) is 30.9 Å². The summed E-state index contributed by atoms with van der Waals surface area (Å²) in [4.78, 5) is 6.96. The van der Waals surface area contributed by atoms with Gasteiger partial charge in [0.05, 0.1) is 18.1 Å². The summed E-state index contributed by atoms with van der Waals surface area (Å²) in [5, 5.41) is 2.78. The highest BCUT2D eigenvalue weighted by molar-refractivity contribution is 9.10. The lowest BCUT2D eigenvalue weighted by Crippen LogP contribution is -2.17. The molecular formula is C12H12BrFN4O2S. The summed E-state index contributed by atoms with van der Waals surface area (Å²) in [6.45, 7) is 0.211. The van der Waals surface area contributed by atoms with Crippen molar-refractivity contribution in [1.29, 1.82) is 0 Å². The summed E-state index contributed by atoms with van der Waals surface area (Å²) in [7, 11) is -2.42. The van der Waals surface area contributed by atoms with E-state index in [1.807, 2.05) is 0 Å². The second kappa shape index (κ2) is 6.46. The molecule has 2 N–H and O–H groups in total. The number of halogens is 2. The smallest absolute Gasteiger partial charge is 0.264 e. The monoisotopic (exact) mass is 374 g/mol. The maximum Gasteiger partial charge on any atom is 0.264 e. The lowest BCUT2D eigenvalue weighted by molar-refractivity contribution is 0.555. The lowest BCUT2D eigenvalue weighted by atomic mass is 10.2. The fourth-order valence-corrected chi connectivity index (χ4v) is 3.53. The van der Waals surface area contributed by atoms with Gasteiger partial charge in [-0.3, -0.25) is 4.72 Å². The molecule has 0 spiro atoms. The molecule has 21 heavy (non-hydrogen) atoms. The normalized spacial score (nSPS) is 11.4. The molecule has 0 unspecified atom stereocenters. The van der Waals surface area contributed by atoms with E-state index in [0.29, 0.717) is 4.47 Å². The van der Waals surface area contributed by atoms with Gasteiger partial charge in [-0.15, -0.1) is 0 Å². The maximum absolute atomic E-state index is 14.3. The van der Waals surface area contributed by atoms with Crippen molar-refractivity contribution in [2.24, 2.45) is 0 Å². The van der Waals surface area contributed by atoms with Crippen molar-refractivity contribution in [2.45, 2.75) is 11.4 Å². The Morgan fingerprint density at radius 3 is 2.57 bits per heavy atom. The highest BCUT2D eigenvalue weighted by Gasteiger charge is 2.22. The van der Waals surface area contributed by atoms with Gasteiger partial charge in [-0.25, -0.2) is 22.8 Å². The van der Waals surface area contributed by atoms with Crippen molar-refractivity contribution in [1.82, 2.24) is 15.3 Å². The van der Waals surface area contributed by atoms with Crippen molar-refractivity contribution >= 4 is 31.6 Å². The van der Waals surface area contributed by atoms with Gasteiger partial charge < -0.3 is 5.32 Å². The zero-order valence-electron chi connectivity index (χ0n) is 11.0. The van der Waals surface area contributed by atoms with Gasteiger partial charge in [0.2, 0.25) is 0 Å². The number of nitrogens with zero attached hydrogens (tertiary/aromatic N) is 2. The van der Waals surface area contributed by atoms with Gasteiger partial charge in [0, 0.05) is 16.6 Å². The number of benzene rings is 1. The molecule has 0 saturated heterocycles. The summed E-state index contributed by atoms with van der Waals surface area (Å²) < 4.78 is 41.6. The summed E-state index contributed by atoms with van der Waals surface area (Å²) >= 11 is 3.18. The van der Waals surface area contributed by atoms with E-state index < -0.39 is 20.7 Å². The maximum atomic E-state index is 14.3. The first-order chi connectivity index (χ1) is 9.94. The molecule has 1 heterocycles. The second-order valence-corrected chi connectivity index (χ2v) is 6.71. The van der Waals surface area contributed by atoms with E-state index in [-0.39, 0.29) is 17.8 Å². The van der Waals surface area contributed by atoms with Crippen molar-refractivity contribution in [2.75, 3.05) is 11.8 Å². The van der Waals surface area contributed by atoms with Gasteiger partial charge in [0.15, 0.2) is 0 Å². The molecule has 0 amide bonds. The molecule has 0 saturated carbocycles. The van der Waals surface area contributed by atoms with Gasteiger partial charge in [-0.05, 0) is 19.2 Å². The number of anilines is 1. The fraction of sp³-hybridized carbons (Fsp3) is 0.167. The Morgan fingerprint density at radius 2 is 1.95 bits per heavy atom. The minimum absolute atomic E-state index is 0.159. The van der Waals surface area contributed by atoms with Gasteiger partial charge >= 0.3 is 0 Å². The van der Waals surface area contributed by atoms with Gasteiger partial charge in [0.1, 0.15) is 17.0 Å². The Hall–Kier alpha value is -1.58. The molecule has 0 fully saturated rings. The first kappa shape index (κ1) is 15.8. The molecule has 0 radical (unpaired) electrons. The molecule has 0 atom stereocenters. The van der Waals surface area contributed by atoms with Crippen LogP contribution in [0.25, 0.3) is 0 Å². The molecule has 0 aliphatic carbocycles. The van der Waals surface area contributed by atoms with Crippen LogP contribution in [-0.4, -0.2) is 25.4 Å². The third-order valence-corrected chi connectivity index (χ3v) is 4.39. The first-order valence-electron chi connectivity index (χ1n) is 5.84. The fourth-order valence-electron chi connectivity index (χ4n) is 1.69. The van der Waals surface area contributed by atoms with Crippen LogP contribution in [0.3, 0.4) is 0 Å². The van der Waals surface area contributed by atoms with Crippen LogP contribution in [0, 0.1) is 5.82 Å². The SMILES string of the molecule is CNCc1cc(Br)cc(S(=O)(=O)Nc2cncnc2)c1F. The van der Waals surface area contributed by atoms with Crippen molar-refractivity contribution in [3.8, 4) is 0 Å². The zero-order valence-corrected chi connectivity index (χ0v) is 13.4. The predicted octanol–water partition coefficient (Wildman–Crippen LogP) is 1.90. The Balaban J connectivity index is 2.45. The third-order valence-electron chi connectivity index (χ3n) is 2.55. The topological polar surface area (TPSA) is 84.0 Å². The highest BCUT2D eigenvalue weighted by atomic mass is 79.9. The molecular weight excluding hydrogens is 363 g/mol. The number of sulfonamides is 1. The van der Waals surface area contributed by atoms with Crippen LogP contribution < -0.4 is 10.0 Å². The van der Waals surface area contributed by atoms with Crippen molar-refractivity contribution < 1.29 is 12.8 Å². The van der Waals surface area contributed by atoms with Crippen molar-refractivity contribution in [3.63, 3.8) is 0 Å². The third kappa shape index (κ3) is 3.74. The Kier molecular flexibility index (Phi) is 4.86. The number of aromatic nitrogens is 2. The van der Waals surface area contributed by atoms with Crippen LogP contribution in [0.4, 0.5) is 10.1 Å². The largest absolute Gasteiger partial charge is 0.316 e. The summed E-state index contributed by atoms with van der Waals surface area (Å²) in [6, 6.07) is 2.73. The number of hydrogen-bond donors (Lipinski definition) is 2. The quantitative estimate of drug-likeness (QED) is 0.834. The Labute approximate surface area is 130 Å². The lowest BCUT2D eigenvalue weighted by Gasteiger charge is -2.11. The molecule has 1 aromatic heterocycles. The average Bonchev–Trinajstić information content (AvgIpc) is 2.43. The average molecular weight is 375 g/mol. The standard InChI is InChI=1S/C12H12BrFN4O2S/c1-15-4-8-2-9(13)3-11(12(8)14)21(19,20)18-10-5-16-7-17-6-10/h2-3,5-7,15,18H,4H2,1H3. The van der Waals surface area contributed by atoms with E-state index in [9.17, 15) is 12.8 Å². The molecule has 6 nitrogen and oxygen atoms in total. The summed E-state index contributed by atoms with van der Waals surface area (Å²) in [5.74, 6) is -0.795. The summed E-state index contributed by atoms with van der Waals surface area (Å²) in [6.07, 6.45) is 3.84. The van der Waals surface area contributed by atoms with E-state index in [2.05, 4.69) is 35.9 Å². The van der Waals surface area contributed by atoms with Crippen LogP contribution in [0.5, 0.6) is 0 Å². The molecule has 112 valence electrons. The van der Waals surface area contributed by atoms with Crippen molar-refractivity contribution in [3.05, 3.63) is 46.7 Å². The predicted molar refractivity (Wildman–Crippen MR) is 79.7 cm³/mol. The van der Waals surface area contributed by atoms with Gasteiger partial charge in [0.25, 0.3) is 10.0 Å². The second-order valence-electron chi connectivity index (χ2n) is 4.14. The van der Waals surface area contributed by atoms with Crippen LogP contribution in [0.15, 0.2) is 40.2 Å². The van der Waals surface area contributed by atoms with E-state index in [1.54, 1.807) is 7.05 Å². The highest BCUT2D eigenvalue weighted by Crippen LogP contribution is 2.25. The minimum Gasteiger partial charge on any atom is -0.316 e. The van der Waals surface area contributed by atoms with Crippen LogP contribution in [0.2, 0.25) is 0 Å². The Bertz CT molecular complexity index is 740. The number of nitrogens with one attached hydrogen (secondary N) is 2. The van der Waals surface area contributed by atoms with Gasteiger partial charge in [-0.2, -0.15) is 0 Å². The summed E-state index contributed by atoms with van der Waals surface area (Å²) in [5.41, 5.74) is 0.406. The number of rotatable bonds is 5. The molecule has 0 aliphatic rings. The van der Waals surface area contributed by atoms with Gasteiger partial charge in [-0.1, -0.05) is 15.9 Å². The zero-order chi connectivity index (χ0) is 15.5. The van der Waals surface area contributed by atoms with E-state index in [0.717, 1.165) is 0 Å². The Morgan fingerprint density at radius 1 is 1.29 bits per heavy atom. The molecule has 2 rings (SSSR count). The van der Waals surface area contributed by atoms with Crippen LogP contribution in [-0.2, 0) is 16.6 Å². The van der Waals surface area contributed by atoms with E-state index in [4.69, 9.17) is 0 Å². The number of hydrogen-bond acceptors (Lipinski definition) is 5. The molecule has 2 aromatic rings. The minimum atomic E-state index is -4.07. The molecule has 0 bridgehead atoms. The molecule has 0 aliphatic heterocycles. The van der Waals surface area contributed by atoms with Crippen LogP contribution in [0.1, 0.15) is 5.56 Å². The first-order valence-corrected chi connectivity index (χ1v) is 8.12. The molecule has 9 heteroatoms.